The zero-order valence-electron chi connectivity index (χ0n) is 16.7. The van der Waals surface area contributed by atoms with Gasteiger partial charge in [-0.25, -0.2) is 0 Å². The van der Waals surface area contributed by atoms with Crippen LogP contribution in [0.25, 0.3) is 0 Å². The van der Waals surface area contributed by atoms with Crippen LogP contribution in [0, 0.1) is 13.8 Å². The molecular weight excluding hydrogens is 386 g/mol. The van der Waals surface area contributed by atoms with Gasteiger partial charge in [-0.1, -0.05) is 48.9 Å². The van der Waals surface area contributed by atoms with Gasteiger partial charge in [0, 0.05) is 5.02 Å². The van der Waals surface area contributed by atoms with E-state index in [1.807, 2.05) is 69.3 Å². The molecule has 3 aromatic carbocycles. The van der Waals surface area contributed by atoms with Crippen molar-refractivity contribution in [3.63, 3.8) is 0 Å². The van der Waals surface area contributed by atoms with E-state index in [2.05, 4.69) is 5.32 Å². The molecule has 1 atom stereocenters. The Bertz CT molecular complexity index is 989. The highest BCUT2D eigenvalue weighted by molar-refractivity contribution is 6.31. The molecule has 1 N–H and O–H groups in total. The van der Waals surface area contributed by atoms with Crippen LogP contribution in [0.4, 0.5) is 5.69 Å². The number of ether oxygens (including phenoxy) is 2. The summed E-state index contributed by atoms with van der Waals surface area (Å²) < 4.78 is 11.9. The molecule has 0 bridgehead atoms. The number of carbonyl (C=O) groups is 1. The molecule has 0 spiro atoms. The van der Waals surface area contributed by atoms with Crippen molar-refractivity contribution in [2.45, 2.75) is 33.3 Å². The topological polar surface area (TPSA) is 47.6 Å². The molecule has 0 aliphatic carbocycles. The summed E-state index contributed by atoms with van der Waals surface area (Å²) in [6.07, 6.45) is -0.117. The second kappa shape index (κ2) is 9.48. The highest BCUT2D eigenvalue weighted by Gasteiger charge is 2.21. The third kappa shape index (κ3) is 5.52. The molecular formula is C24H24ClNO3. The lowest BCUT2D eigenvalue weighted by Crippen LogP contribution is -2.32. The molecule has 0 saturated heterocycles. The maximum Gasteiger partial charge on any atom is 0.265 e. The number of rotatable bonds is 7. The van der Waals surface area contributed by atoms with E-state index >= 15 is 0 Å². The van der Waals surface area contributed by atoms with Crippen molar-refractivity contribution < 1.29 is 14.3 Å². The third-order valence-corrected chi connectivity index (χ3v) is 4.68. The highest BCUT2D eigenvalue weighted by atomic mass is 35.5. The first kappa shape index (κ1) is 20.7. The Balaban J connectivity index is 1.79. The molecule has 29 heavy (non-hydrogen) atoms. The van der Waals surface area contributed by atoms with Crippen molar-refractivity contribution >= 4 is 23.2 Å². The summed E-state index contributed by atoms with van der Waals surface area (Å²) in [6, 6.07) is 20.4. The molecule has 0 fully saturated rings. The van der Waals surface area contributed by atoms with E-state index < -0.39 is 6.10 Å². The van der Waals surface area contributed by atoms with Crippen LogP contribution in [0.1, 0.15) is 24.5 Å². The van der Waals surface area contributed by atoms with Crippen LogP contribution in [0.3, 0.4) is 0 Å². The molecule has 150 valence electrons. The maximum atomic E-state index is 12.9. The fourth-order valence-corrected chi connectivity index (χ4v) is 3.00. The van der Waals surface area contributed by atoms with Gasteiger partial charge in [0.15, 0.2) is 11.9 Å². The van der Waals surface area contributed by atoms with Gasteiger partial charge in [-0.3, -0.25) is 4.79 Å². The maximum absolute atomic E-state index is 12.9. The SMILES string of the molecule is CC[C@H](Oc1cc(C)ccc1C)C(=O)Nc1cc(Cl)ccc1Oc1ccccc1. The number of hydrogen-bond donors (Lipinski definition) is 1. The van der Waals surface area contributed by atoms with Gasteiger partial charge in [0.25, 0.3) is 5.91 Å². The van der Waals surface area contributed by atoms with Crippen molar-refractivity contribution in [2.75, 3.05) is 5.32 Å². The summed E-state index contributed by atoms with van der Waals surface area (Å²) in [4.78, 5) is 12.9. The van der Waals surface area contributed by atoms with E-state index in [4.69, 9.17) is 21.1 Å². The molecule has 1 amide bonds. The summed E-state index contributed by atoms with van der Waals surface area (Å²) in [5.74, 6) is 1.63. The number of anilines is 1. The van der Waals surface area contributed by atoms with E-state index in [-0.39, 0.29) is 5.91 Å². The Morgan fingerprint density at radius 3 is 2.48 bits per heavy atom. The van der Waals surface area contributed by atoms with Gasteiger partial charge in [-0.05, 0) is 67.8 Å². The number of halogens is 1. The van der Waals surface area contributed by atoms with Gasteiger partial charge in [-0.2, -0.15) is 0 Å². The fourth-order valence-electron chi connectivity index (χ4n) is 2.83. The molecule has 0 unspecified atom stereocenters. The number of benzene rings is 3. The Morgan fingerprint density at radius 1 is 1.00 bits per heavy atom. The lowest BCUT2D eigenvalue weighted by Gasteiger charge is -2.20. The van der Waals surface area contributed by atoms with Crippen molar-refractivity contribution in [3.8, 4) is 17.2 Å². The van der Waals surface area contributed by atoms with E-state index in [1.165, 1.54) is 0 Å². The summed E-state index contributed by atoms with van der Waals surface area (Å²) in [5.41, 5.74) is 2.56. The Kier molecular flexibility index (Phi) is 6.78. The summed E-state index contributed by atoms with van der Waals surface area (Å²) in [5, 5.41) is 3.41. The number of hydrogen-bond acceptors (Lipinski definition) is 3. The number of para-hydroxylation sites is 1. The molecule has 0 aliphatic heterocycles. The molecule has 5 heteroatoms. The molecule has 3 aromatic rings. The van der Waals surface area contributed by atoms with E-state index in [0.29, 0.717) is 34.4 Å². The molecule has 3 rings (SSSR count). The standard InChI is InChI=1S/C24H24ClNO3/c1-4-21(29-23-14-16(2)10-11-17(23)3)24(27)26-20-15-18(25)12-13-22(20)28-19-8-6-5-7-9-19/h5-15,21H,4H2,1-3H3,(H,26,27)/t21-/m0/s1. The average molecular weight is 410 g/mol. The van der Waals surface area contributed by atoms with Gasteiger partial charge >= 0.3 is 0 Å². The monoisotopic (exact) mass is 409 g/mol. The molecule has 0 radical (unpaired) electrons. The Morgan fingerprint density at radius 2 is 1.76 bits per heavy atom. The smallest absolute Gasteiger partial charge is 0.265 e. The second-order valence-electron chi connectivity index (χ2n) is 6.83. The zero-order valence-corrected chi connectivity index (χ0v) is 17.5. The van der Waals surface area contributed by atoms with E-state index in [1.54, 1.807) is 18.2 Å². The van der Waals surface area contributed by atoms with Crippen LogP contribution >= 0.6 is 11.6 Å². The third-order valence-electron chi connectivity index (χ3n) is 4.45. The van der Waals surface area contributed by atoms with Crippen LogP contribution in [0.2, 0.25) is 5.02 Å². The van der Waals surface area contributed by atoms with Gasteiger partial charge < -0.3 is 14.8 Å². The summed E-state index contributed by atoms with van der Waals surface area (Å²) in [7, 11) is 0. The number of amides is 1. The predicted octanol–water partition coefficient (Wildman–Crippen LogP) is 6.55. The van der Waals surface area contributed by atoms with Gasteiger partial charge in [0.1, 0.15) is 11.5 Å². The van der Waals surface area contributed by atoms with Crippen LogP contribution in [0.5, 0.6) is 17.2 Å². The van der Waals surface area contributed by atoms with Gasteiger partial charge in [0.2, 0.25) is 0 Å². The average Bonchev–Trinajstić information content (AvgIpc) is 2.71. The predicted molar refractivity (Wildman–Crippen MR) is 117 cm³/mol. The zero-order chi connectivity index (χ0) is 20.8. The summed E-state index contributed by atoms with van der Waals surface area (Å²) >= 11 is 6.15. The first-order valence-electron chi connectivity index (χ1n) is 9.53. The van der Waals surface area contributed by atoms with Gasteiger partial charge in [0.05, 0.1) is 5.69 Å². The number of nitrogens with one attached hydrogen (secondary N) is 1. The van der Waals surface area contributed by atoms with E-state index in [9.17, 15) is 4.79 Å². The minimum absolute atomic E-state index is 0.256. The summed E-state index contributed by atoms with van der Waals surface area (Å²) in [6.45, 7) is 5.86. The highest BCUT2D eigenvalue weighted by Crippen LogP contribution is 2.32. The van der Waals surface area contributed by atoms with Crippen molar-refractivity contribution in [1.29, 1.82) is 0 Å². The lowest BCUT2D eigenvalue weighted by atomic mass is 10.1. The molecule has 0 aromatic heterocycles. The first-order chi connectivity index (χ1) is 14.0. The van der Waals surface area contributed by atoms with Crippen molar-refractivity contribution in [2.24, 2.45) is 0 Å². The van der Waals surface area contributed by atoms with Crippen molar-refractivity contribution in [1.82, 2.24) is 0 Å². The first-order valence-corrected chi connectivity index (χ1v) is 9.91. The van der Waals surface area contributed by atoms with Gasteiger partial charge in [-0.15, -0.1) is 0 Å². The molecule has 0 saturated carbocycles. The molecule has 0 heterocycles. The lowest BCUT2D eigenvalue weighted by molar-refractivity contribution is -0.122. The van der Waals surface area contributed by atoms with Crippen LogP contribution in [-0.2, 0) is 4.79 Å². The van der Waals surface area contributed by atoms with E-state index in [0.717, 1.165) is 11.1 Å². The Hall–Kier alpha value is -2.98. The van der Waals surface area contributed by atoms with Crippen LogP contribution in [-0.4, -0.2) is 12.0 Å². The number of aryl methyl sites for hydroxylation is 2. The number of carbonyl (C=O) groups excluding carboxylic acids is 1. The van der Waals surface area contributed by atoms with Crippen LogP contribution < -0.4 is 14.8 Å². The largest absolute Gasteiger partial charge is 0.480 e. The fraction of sp³-hybridized carbons (Fsp3) is 0.208. The van der Waals surface area contributed by atoms with Crippen molar-refractivity contribution in [3.05, 3.63) is 82.9 Å². The van der Waals surface area contributed by atoms with Crippen LogP contribution in [0.15, 0.2) is 66.7 Å². The minimum Gasteiger partial charge on any atom is -0.480 e. The molecule has 4 nitrogen and oxygen atoms in total. The Labute approximate surface area is 176 Å². The quantitative estimate of drug-likeness (QED) is 0.481. The normalized spacial score (nSPS) is 11.6. The minimum atomic E-state index is -0.640. The molecule has 0 aliphatic rings. The second-order valence-corrected chi connectivity index (χ2v) is 7.26.